The largest absolute Gasteiger partial charge is 0.468 e. The molecule has 0 aromatic carbocycles. The molecular formula is C7H10F3NO2. The van der Waals surface area contributed by atoms with Gasteiger partial charge in [0.2, 0.25) is 0 Å². The molecule has 1 N–H and O–H groups in total. The fourth-order valence-electron chi connectivity index (χ4n) is 1.43. The van der Waals surface area contributed by atoms with E-state index in [2.05, 4.69) is 10.1 Å². The molecule has 2 atom stereocenters. The van der Waals surface area contributed by atoms with Crippen LogP contribution in [-0.4, -0.2) is 31.8 Å². The number of carbonyl (C=O) groups excluding carboxylic acids is 1. The number of ether oxygens (including phenoxy) is 1. The van der Waals surface area contributed by atoms with Gasteiger partial charge in [-0.2, -0.15) is 13.2 Å². The summed E-state index contributed by atoms with van der Waals surface area (Å²) in [6, 6.07) is -1.23. The summed E-state index contributed by atoms with van der Waals surface area (Å²) in [7, 11) is 1.08. The van der Waals surface area contributed by atoms with E-state index in [9.17, 15) is 18.0 Å². The quantitative estimate of drug-likeness (QED) is 0.629. The minimum absolute atomic E-state index is 0.0662. The lowest BCUT2D eigenvalue weighted by molar-refractivity contribution is -0.184. The zero-order valence-corrected chi connectivity index (χ0v) is 7.02. The summed E-state index contributed by atoms with van der Waals surface area (Å²) in [5.74, 6) is -2.46. The first-order valence-corrected chi connectivity index (χ1v) is 3.84. The van der Waals surface area contributed by atoms with Crippen molar-refractivity contribution in [3.8, 4) is 0 Å². The van der Waals surface area contributed by atoms with Crippen molar-refractivity contribution in [2.24, 2.45) is 5.92 Å². The number of hydrogen-bond acceptors (Lipinski definition) is 3. The fourth-order valence-corrected chi connectivity index (χ4v) is 1.43. The van der Waals surface area contributed by atoms with Gasteiger partial charge in [-0.05, 0) is 13.0 Å². The summed E-state index contributed by atoms with van der Waals surface area (Å²) < 4.78 is 41.0. The summed E-state index contributed by atoms with van der Waals surface area (Å²) in [6.45, 7) is 0.198. The number of alkyl halides is 3. The molecule has 1 saturated heterocycles. The topological polar surface area (TPSA) is 38.3 Å². The molecule has 0 amide bonds. The van der Waals surface area contributed by atoms with Gasteiger partial charge in [0, 0.05) is 0 Å². The van der Waals surface area contributed by atoms with E-state index in [1.165, 1.54) is 0 Å². The summed E-state index contributed by atoms with van der Waals surface area (Å²) >= 11 is 0. The highest BCUT2D eigenvalue weighted by Gasteiger charge is 2.50. The van der Waals surface area contributed by atoms with Crippen LogP contribution in [0.15, 0.2) is 0 Å². The minimum Gasteiger partial charge on any atom is -0.468 e. The lowest BCUT2D eigenvalue weighted by Crippen LogP contribution is -2.42. The van der Waals surface area contributed by atoms with Gasteiger partial charge in [-0.3, -0.25) is 4.79 Å². The molecule has 1 fully saturated rings. The van der Waals surface area contributed by atoms with Gasteiger partial charge in [0.15, 0.2) is 0 Å². The molecule has 76 valence electrons. The smallest absolute Gasteiger partial charge is 0.393 e. The molecule has 0 unspecified atom stereocenters. The molecule has 3 nitrogen and oxygen atoms in total. The van der Waals surface area contributed by atoms with E-state index in [1.807, 2.05) is 0 Å². The van der Waals surface area contributed by atoms with Crippen LogP contribution in [0.5, 0.6) is 0 Å². The zero-order valence-electron chi connectivity index (χ0n) is 7.02. The number of methoxy groups -OCH3 is 1. The maximum absolute atomic E-state index is 12.3. The lowest BCUT2D eigenvalue weighted by Gasteiger charge is -2.19. The molecule has 1 rings (SSSR count). The van der Waals surface area contributed by atoms with Crippen molar-refractivity contribution in [3.63, 3.8) is 0 Å². The Balaban J connectivity index is 2.70. The molecule has 1 heterocycles. The van der Waals surface area contributed by atoms with Gasteiger partial charge in [-0.1, -0.05) is 0 Å². The Morgan fingerprint density at radius 2 is 2.15 bits per heavy atom. The first-order chi connectivity index (χ1) is 5.96. The van der Waals surface area contributed by atoms with Gasteiger partial charge in [-0.25, -0.2) is 0 Å². The van der Waals surface area contributed by atoms with Crippen molar-refractivity contribution in [2.45, 2.75) is 18.6 Å². The predicted octanol–water partition coefficient (Wildman–Crippen LogP) is 0.700. The van der Waals surface area contributed by atoms with E-state index in [0.717, 1.165) is 7.11 Å². The average Bonchev–Trinajstić information content (AvgIpc) is 2.49. The highest BCUT2D eigenvalue weighted by Crippen LogP contribution is 2.34. The van der Waals surface area contributed by atoms with Gasteiger partial charge in [0.05, 0.1) is 13.0 Å². The number of halogens is 3. The number of nitrogens with one attached hydrogen (secondary N) is 1. The number of rotatable bonds is 1. The Morgan fingerprint density at radius 1 is 1.54 bits per heavy atom. The molecule has 6 heteroatoms. The van der Waals surface area contributed by atoms with E-state index < -0.39 is 24.1 Å². The Morgan fingerprint density at radius 3 is 2.62 bits per heavy atom. The highest BCUT2D eigenvalue weighted by molar-refractivity contribution is 5.76. The lowest BCUT2D eigenvalue weighted by atomic mass is 10.0. The van der Waals surface area contributed by atoms with Crippen LogP contribution in [0.25, 0.3) is 0 Å². The van der Waals surface area contributed by atoms with Crippen molar-refractivity contribution in [2.75, 3.05) is 13.7 Å². The van der Waals surface area contributed by atoms with Crippen molar-refractivity contribution < 1.29 is 22.7 Å². The molecule has 1 aliphatic heterocycles. The second-order valence-electron chi connectivity index (χ2n) is 2.89. The van der Waals surface area contributed by atoms with Crippen LogP contribution in [0.2, 0.25) is 0 Å². The first kappa shape index (κ1) is 10.3. The number of hydrogen-bond donors (Lipinski definition) is 1. The summed E-state index contributed by atoms with van der Waals surface area (Å²) in [6.07, 6.45) is -4.40. The third-order valence-electron chi connectivity index (χ3n) is 2.10. The van der Waals surface area contributed by atoms with E-state index in [1.54, 1.807) is 0 Å². The molecule has 0 saturated carbocycles. The van der Waals surface area contributed by atoms with Gasteiger partial charge in [0.1, 0.15) is 6.04 Å². The summed E-state index contributed by atoms with van der Waals surface area (Å²) in [4.78, 5) is 10.9. The van der Waals surface area contributed by atoms with Crippen LogP contribution in [-0.2, 0) is 9.53 Å². The van der Waals surface area contributed by atoms with Crippen molar-refractivity contribution >= 4 is 5.97 Å². The van der Waals surface area contributed by atoms with Crippen LogP contribution in [0.3, 0.4) is 0 Å². The Bertz CT molecular complexity index is 204. The number of esters is 1. The van der Waals surface area contributed by atoms with Gasteiger partial charge in [-0.15, -0.1) is 0 Å². The Labute approximate surface area is 73.2 Å². The molecular weight excluding hydrogens is 187 g/mol. The van der Waals surface area contributed by atoms with E-state index in [0.29, 0.717) is 0 Å². The van der Waals surface area contributed by atoms with Crippen LogP contribution in [0.4, 0.5) is 13.2 Å². The molecule has 0 aromatic heterocycles. The molecule has 0 bridgehead atoms. The fraction of sp³-hybridized carbons (Fsp3) is 0.857. The normalized spacial score (nSPS) is 28.9. The van der Waals surface area contributed by atoms with Crippen LogP contribution >= 0.6 is 0 Å². The second-order valence-corrected chi connectivity index (χ2v) is 2.89. The maximum Gasteiger partial charge on any atom is 0.393 e. The first-order valence-electron chi connectivity index (χ1n) is 3.84. The monoisotopic (exact) mass is 197 g/mol. The van der Waals surface area contributed by atoms with Crippen LogP contribution < -0.4 is 5.32 Å². The van der Waals surface area contributed by atoms with Gasteiger partial charge < -0.3 is 10.1 Å². The van der Waals surface area contributed by atoms with Crippen molar-refractivity contribution in [1.82, 2.24) is 5.32 Å². The average molecular weight is 197 g/mol. The SMILES string of the molecule is COC(=O)[C@H]1NCC[C@@H]1C(F)(F)F. The Hall–Kier alpha value is -0.780. The molecule has 0 aliphatic carbocycles. The maximum atomic E-state index is 12.3. The molecule has 0 aromatic rings. The van der Waals surface area contributed by atoms with Gasteiger partial charge >= 0.3 is 12.1 Å². The van der Waals surface area contributed by atoms with Crippen molar-refractivity contribution in [3.05, 3.63) is 0 Å². The van der Waals surface area contributed by atoms with E-state index in [-0.39, 0.29) is 13.0 Å². The molecule has 0 radical (unpaired) electrons. The second kappa shape index (κ2) is 3.53. The predicted molar refractivity (Wildman–Crippen MR) is 38.0 cm³/mol. The standard InChI is InChI=1S/C7H10F3NO2/c1-13-6(12)5-4(2-3-11-5)7(8,9)10/h4-5,11H,2-3H2,1H3/t4-,5-/m0/s1. The number of carbonyl (C=O) groups is 1. The molecule has 0 spiro atoms. The van der Waals surface area contributed by atoms with E-state index in [4.69, 9.17) is 0 Å². The van der Waals surface area contributed by atoms with Crippen LogP contribution in [0.1, 0.15) is 6.42 Å². The summed E-state index contributed by atoms with van der Waals surface area (Å²) in [5.41, 5.74) is 0. The third kappa shape index (κ3) is 2.12. The minimum atomic E-state index is -4.33. The highest BCUT2D eigenvalue weighted by atomic mass is 19.4. The van der Waals surface area contributed by atoms with Crippen molar-refractivity contribution in [1.29, 1.82) is 0 Å². The van der Waals surface area contributed by atoms with Crippen LogP contribution in [0, 0.1) is 5.92 Å². The Kier molecular flexibility index (Phi) is 2.80. The zero-order chi connectivity index (χ0) is 10.1. The third-order valence-corrected chi connectivity index (χ3v) is 2.10. The van der Waals surface area contributed by atoms with E-state index >= 15 is 0 Å². The van der Waals surface area contributed by atoms with Gasteiger partial charge in [0.25, 0.3) is 0 Å². The molecule has 13 heavy (non-hydrogen) atoms. The molecule has 1 aliphatic rings. The summed E-state index contributed by atoms with van der Waals surface area (Å²) in [5, 5.41) is 2.47.